The fraction of sp³-hybridized carbons (Fsp3) is 0.316. The van der Waals surface area contributed by atoms with Crippen LogP contribution in [0.25, 0.3) is 0 Å². The third-order valence-electron chi connectivity index (χ3n) is 3.63. The normalized spacial score (nSPS) is 11.9. The van der Waals surface area contributed by atoms with Crippen LogP contribution in [0, 0.1) is 0 Å². The van der Waals surface area contributed by atoms with Crippen LogP contribution in [0.1, 0.15) is 43.2 Å². The molecule has 0 bridgehead atoms. The van der Waals surface area contributed by atoms with E-state index in [2.05, 4.69) is 6.92 Å². The van der Waals surface area contributed by atoms with Crippen LogP contribution in [-0.2, 0) is 4.79 Å². The number of aliphatic carboxylic acids is 1. The molecule has 22 heavy (non-hydrogen) atoms. The summed E-state index contributed by atoms with van der Waals surface area (Å²) in [5.74, 6) is -0.0974. The molecule has 3 nitrogen and oxygen atoms in total. The Hall–Kier alpha value is -2.29. The van der Waals surface area contributed by atoms with E-state index in [1.165, 1.54) is 0 Å². The van der Waals surface area contributed by atoms with Gasteiger partial charge in [-0.25, -0.2) is 0 Å². The lowest BCUT2D eigenvalue weighted by Crippen LogP contribution is -2.08. The Morgan fingerprint density at radius 3 is 2.27 bits per heavy atom. The lowest BCUT2D eigenvalue weighted by molar-refractivity contribution is -0.137. The van der Waals surface area contributed by atoms with E-state index in [0.29, 0.717) is 6.61 Å². The van der Waals surface area contributed by atoms with Crippen LogP contribution in [0.4, 0.5) is 0 Å². The molecule has 2 aromatic carbocycles. The van der Waals surface area contributed by atoms with Gasteiger partial charge < -0.3 is 9.84 Å². The van der Waals surface area contributed by atoms with Gasteiger partial charge >= 0.3 is 5.97 Å². The average Bonchev–Trinajstić information content (AvgIpc) is 2.54. The van der Waals surface area contributed by atoms with Gasteiger partial charge in [-0.2, -0.15) is 0 Å². The summed E-state index contributed by atoms with van der Waals surface area (Å²) in [6, 6.07) is 17.5. The first-order valence-electron chi connectivity index (χ1n) is 7.70. The average molecular weight is 298 g/mol. The SMILES string of the molecule is CCCCOc1ccc([C@H](CC(=O)O)c2ccccc2)cc1. The summed E-state index contributed by atoms with van der Waals surface area (Å²) in [4.78, 5) is 11.2. The predicted molar refractivity (Wildman–Crippen MR) is 87.4 cm³/mol. The standard InChI is InChI=1S/C19H22O3/c1-2-3-13-22-17-11-9-16(10-12-17)18(14-19(20)21)15-7-5-4-6-8-15/h4-12,18H,2-3,13-14H2,1H3,(H,20,21)/t18-/m1/s1. The van der Waals surface area contributed by atoms with E-state index in [-0.39, 0.29) is 12.3 Å². The number of rotatable bonds is 8. The summed E-state index contributed by atoms with van der Waals surface area (Å²) in [5.41, 5.74) is 2.01. The lowest BCUT2D eigenvalue weighted by Gasteiger charge is -2.16. The van der Waals surface area contributed by atoms with Crippen molar-refractivity contribution in [3.05, 3.63) is 65.7 Å². The molecule has 0 spiro atoms. The molecule has 2 rings (SSSR count). The molecule has 0 fully saturated rings. The maximum atomic E-state index is 11.2. The van der Waals surface area contributed by atoms with Gasteiger partial charge in [-0.05, 0) is 29.7 Å². The first-order chi connectivity index (χ1) is 10.7. The summed E-state index contributed by atoms with van der Waals surface area (Å²) >= 11 is 0. The van der Waals surface area contributed by atoms with E-state index in [1.54, 1.807) is 0 Å². The summed E-state index contributed by atoms with van der Waals surface area (Å²) in [5, 5.41) is 9.18. The van der Waals surface area contributed by atoms with Crippen LogP contribution in [0.3, 0.4) is 0 Å². The molecule has 0 aromatic heterocycles. The predicted octanol–water partition coefficient (Wildman–Crippen LogP) is 4.47. The molecule has 3 heteroatoms. The highest BCUT2D eigenvalue weighted by Crippen LogP contribution is 2.29. The second-order valence-electron chi connectivity index (χ2n) is 5.33. The second kappa shape index (κ2) is 8.23. The largest absolute Gasteiger partial charge is 0.494 e. The van der Waals surface area contributed by atoms with Crippen molar-refractivity contribution in [2.24, 2.45) is 0 Å². The van der Waals surface area contributed by atoms with Crippen LogP contribution < -0.4 is 4.74 Å². The fourth-order valence-electron chi connectivity index (χ4n) is 2.42. The van der Waals surface area contributed by atoms with E-state index >= 15 is 0 Å². The van der Waals surface area contributed by atoms with Crippen molar-refractivity contribution >= 4 is 5.97 Å². The van der Waals surface area contributed by atoms with Crippen LogP contribution in [0.5, 0.6) is 5.75 Å². The van der Waals surface area contributed by atoms with Crippen molar-refractivity contribution in [1.29, 1.82) is 0 Å². The topological polar surface area (TPSA) is 46.5 Å². The Morgan fingerprint density at radius 2 is 1.68 bits per heavy atom. The minimum absolute atomic E-state index is 0.0834. The van der Waals surface area contributed by atoms with Gasteiger partial charge in [0.05, 0.1) is 13.0 Å². The third-order valence-corrected chi connectivity index (χ3v) is 3.63. The number of unbranched alkanes of at least 4 members (excludes halogenated alkanes) is 1. The molecule has 0 aliphatic carbocycles. The Kier molecular flexibility index (Phi) is 6.01. The first kappa shape index (κ1) is 16.1. The molecule has 0 saturated carbocycles. The third kappa shape index (κ3) is 4.62. The van der Waals surface area contributed by atoms with Crippen LogP contribution in [0.15, 0.2) is 54.6 Å². The smallest absolute Gasteiger partial charge is 0.304 e. The number of carboxylic acid groups (broad SMARTS) is 1. The van der Waals surface area contributed by atoms with Gasteiger partial charge in [0.2, 0.25) is 0 Å². The zero-order valence-corrected chi connectivity index (χ0v) is 12.9. The van der Waals surface area contributed by atoms with Crippen molar-refractivity contribution in [2.75, 3.05) is 6.61 Å². The number of carbonyl (C=O) groups is 1. The molecule has 0 aliphatic heterocycles. The molecule has 0 aliphatic rings. The van der Waals surface area contributed by atoms with Crippen LogP contribution in [-0.4, -0.2) is 17.7 Å². The van der Waals surface area contributed by atoms with Crippen molar-refractivity contribution in [2.45, 2.75) is 32.1 Å². The van der Waals surface area contributed by atoms with Gasteiger partial charge in [-0.15, -0.1) is 0 Å². The zero-order chi connectivity index (χ0) is 15.8. The van der Waals surface area contributed by atoms with Gasteiger partial charge in [0.15, 0.2) is 0 Å². The van der Waals surface area contributed by atoms with Crippen LogP contribution in [0.2, 0.25) is 0 Å². The Labute approximate surface area is 131 Å². The van der Waals surface area contributed by atoms with Crippen LogP contribution >= 0.6 is 0 Å². The lowest BCUT2D eigenvalue weighted by atomic mass is 9.88. The Balaban J connectivity index is 2.15. The highest BCUT2D eigenvalue weighted by atomic mass is 16.5. The number of carboxylic acids is 1. The van der Waals surface area contributed by atoms with E-state index in [9.17, 15) is 9.90 Å². The molecule has 0 heterocycles. The van der Waals surface area contributed by atoms with Crippen molar-refractivity contribution in [1.82, 2.24) is 0 Å². The minimum Gasteiger partial charge on any atom is -0.494 e. The Morgan fingerprint density at radius 1 is 1.05 bits per heavy atom. The highest BCUT2D eigenvalue weighted by molar-refractivity contribution is 5.69. The van der Waals surface area contributed by atoms with Gasteiger partial charge in [0.25, 0.3) is 0 Å². The van der Waals surface area contributed by atoms with Gasteiger partial charge in [-0.1, -0.05) is 55.8 Å². The fourth-order valence-corrected chi connectivity index (χ4v) is 2.42. The number of hydrogen-bond acceptors (Lipinski definition) is 2. The Bertz CT molecular complexity index is 575. The van der Waals surface area contributed by atoms with Gasteiger partial charge in [-0.3, -0.25) is 4.79 Å². The minimum atomic E-state index is -0.794. The molecular weight excluding hydrogens is 276 g/mol. The number of hydrogen-bond donors (Lipinski definition) is 1. The quantitative estimate of drug-likeness (QED) is 0.731. The van der Waals surface area contributed by atoms with Crippen molar-refractivity contribution in [3.8, 4) is 5.75 Å². The van der Waals surface area contributed by atoms with E-state index < -0.39 is 5.97 Å². The highest BCUT2D eigenvalue weighted by Gasteiger charge is 2.17. The monoisotopic (exact) mass is 298 g/mol. The number of benzene rings is 2. The van der Waals surface area contributed by atoms with E-state index in [1.807, 2.05) is 54.6 Å². The maximum Gasteiger partial charge on any atom is 0.304 e. The van der Waals surface area contributed by atoms with Gasteiger partial charge in [0, 0.05) is 5.92 Å². The molecule has 0 saturated heterocycles. The molecule has 116 valence electrons. The molecule has 0 unspecified atom stereocenters. The van der Waals surface area contributed by atoms with Gasteiger partial charge in [0.1, 0.15) is 5.75 Å². The van der Waals surface area contributed by atoms with Crippen molar-refractivity contribution < 1.29 is 14.6 Å². The summed E-state index contributed by atoms with van der Waals surface area (Å²) < 4.78 is 5.65. The molecule has 0 amide bonds. The number of ether oxygens (including phenoxy) is 1. The van der Waals surface area contributed by atoms with Crippen molar-refractivity contribution in [3.63, 3.8) is 0 Å². The summed E-state index contributed by atoms with van der Waals surface area (Å²) in [6.45, 7) is 2.84. The summed E-state index contributed by atoms with van der Waals surface area (Å²) in [6.07, 6.45) is 2.22. The molecule has 2 aromatic rings. The van der Waals surface area contributed by atoms with E-state index in [0.717, 1.165) is 29.7 Å². The summed E-state index contributed by atoms with van der Waals surface area (Å²) in [7, 11) is 0. The molecular formula is C19H22O3. The van der Waals surface area contributed by atoms with E-state index in [4.69, 9.17) is 4.74 Å². The molecule has 0 radical (unpaired) electrons. The zero-order valence-electron chi connectivity index (χ0n) is 12.9. The maximum absolute atomic E-state index is 11.2. The molecule has 1 atom stereocenters. The molecule has 1 N–H and O–H groups in total. The first-order valence-corrected chi connectivity index (χ1v) is 7.70. The second-order valence-corrected chi connectivity index (χ2v) is 5.33.